The van der Waals surface area contributed by atoms with Crippen molar-refractivity contribution in [2.45, 2.75) is 26.9 Å². The second-order valence-corrected chi connectivity index (χ2v) is 6.88. The Morgan fingerprint density at radius 2 is 1.86 bits per heavy atom. The summed E-state index contributed by atoms with van der Waals surface area (Å²) in [6.07, 6.45) is 1.35. The van der Waals surface area contributed by atoms with Gasteiger partial charge in [0.05, 0.1) is 17.9 Å². The van der Waals surface area contributed by atoms with Gasteiger partial charge in [0.1, 0.15) is 5.75 Å². The molecule has 1 amide bonds. The van der Waals surface area contributed by atoms with Gasteiger partial charge in [-0.3, -0.25) is 14.7 Å². The van der Waals surface area contributed by atoms with Gasteiger partial charge in [0, 0.05) is 17.6 Å². The predicted molar refractivity (Wildman–Crippen MR) is 111 cm³/mol. The molecule has 2 aromatic carbocycles. The van der Waals surface area contributed by atoms with Gasteiger partial charge in [-0.2, -0.15) is 0 Å². The molecule has 0 radical (unpaired) electrons. The van der Waals surface area contributed by atoms with Crippen LogP contribution < -0.4 is 15.0 Å². The van der Waals surface area contributed by atoms with Crippen LogP contribution in [0.25, 0.3) is 0 Å². The molecule has 0 saturated carbocycles. The van der Waals surface area contributed by atoms with Crippen LogP contribution in [0.1, 0.15) is 40.3 Å². The van der Waals surface area contributed by atoms with Gasteiger partial charge < -0.3 is 10.1 Å². The summed E-state index contributed by atoms with van der Waals surface area (Å²) in [5, 5.41) is 3.50. The molecule has 28 heavy (non-hydrogen) atoms. The number of pyridine rings is 1. The summed E-state index contributed by atoms with van der Waals surface area (Å²) in [5.41, 5.74) is 5.54. The van der Waals surface area contributed by atoms with Crippen molar-refractivity contribution in [3.05, 3.63) is 83.2 Å². The van der Waals surface area contributed by atoms with Gasteiger partial charge in [0.15, 0.2) is 6.17 Å². The molecule has 2 heterocycles. The Hall–Kier alpha value is -3.34. The summed E-state index contributed by atoms with van der Waals surface area (Å²) in [6.45, 7) is 6.72. The lowest BCUT2D eigenvalue weighted by Gasteiger charge is -2.27. The predicted octanol–water partition coefficient (Wildman–Crippen LogP) is 4.87. The zero-order chi connectivity index (χ0) is 19.7. The lowest BCUT2D eigenvalue weighted by Crippen LogP contribution is -2.32. The first kappa shape index (κ1) is 18.0. The average molecular weight is 373 g/mol. The summed E-state index contributed by atoms with van der Waals surface area (Å²) in [6, 6.07) is 17.4. The van der Waals surface area contributed by atoms with Crippen molar-refractivity contribution in [2.24, 2.45) is 0 Å². The number of nitrogens with one attached hydrogen (secondary N) is 1. The first-order valence-corrected chi connectivity index (χ1v) is 9.43. The largest absolute Gasteiger partial charge is 0.494 e. The summed E-state index contributed by atoms with van der Waals surface area (Å²) in [7, 11) is 0. The first-order valence-electron chi connectivity index (χ1n) is 9.43. The summed E-state index contributed by atoms with van der Waals surface area (Å²) >= 11 is 0. The van der Waals surface area contributed by atoms with Crippen molar-refractivity contribution in [3.63, 3.8) is 0 Å². The molecule has 5 heteroatoms. The minimum atomic E-state index is -0.372. The smallest absolute Gasteiger partial charge is 0.262 e. The van der Waals surface area contributed by atoms with E-state index in [9.17, 15) is 4.79 Å². The molecule has 1 aliphatic heterocycles. The Balaban J connectivity index is 1.72. The van der Waals surface area contributed by atoms with E-state index in [1.807, 2.05) is 43.3 Å². The molecule has 0 bridgehead atoms. The second-order valence-electron chi connectivity index (χ2n) is 6.88. The highest BCUT2D eigenvalue weighted by molar-refractivity contribution is 6.11. The quantitative estimate of drug-likeness (QED) is 0.693. The zero-order valence-electron chi connectivity index (χ0n) is 16.3. The molecular weight excluding hydrogens is 350 g/mol. The molecule has 1 aliphatic rings. The molecule has 4 rings (SSSR count). The highest BCUT2D eigenvalue weighted by Crippen LogP contribution is 2.37. The van der Waals surface area contributed by atoms with Crippen LogP contribution in [0, 0.1) is 13.8 Å². The normalized spacial score (nSPS) is 15.5. The van der Waals surface area contributed by atoms with Crippen molar-refractivity contribution >= 4 is 17.3 Å². The van der Waals surface area contributed by atoms with Crippen LogP contribution in [-0.2, 0) is 0 Å². The van der Waals surface area contributed by atoms with Crippen LogP contribution in [0.2, 0.25) is 0 Å². The van der Waals surface area contributed by atoms with E-state index < -0.39 is 0 Å². The van der Waals surface area contributed by atoms with E-state index in [1.165, 1.54) is 11.1 Å². The molecule has 1 N–H and O–H groups in total. The van der Waals surface area contributed by atoms with E-state index in [0.717, 1.165) is 22.8 Å². The number of aryl methyl sites for hydroxylation is 2. The van der Waals surface area contributed by atoms with Gasteiger partial charge in [0.25, 0.3) is 5.91 Å². The Morgan fingerprint density at radius 1 is 1.07 bits per heavy atom. The Bertz CT molecular complexity index is 1010. The maximum atomic E-state index is 13.1. The van der Waals surface area contributed by atoms with Crippen molar-refractivity contribution in [2.75, 3.05) is 16.8 Å². The third-order valence-electron chi connectivity index (χ3n) is 5.04. The van der Waals surface area contributed by atoms with Crippen LogP contribution in [0.3, 0.4) is 0 Å². The standard InChI is InChI=1S/C23H23N3O2/c1-4-28-19-11-9-18(10-12-19)26-22(21-20(23(26)27)6-5-13-24-21)25-17-8-7-15(2)16(3)14-17/h5-14,22,25H,4H2,1-3H3/t22-/m0/s1. The maximum absolute atomic E-state index is 13.1. The Labute approximate surface area is 165 Å². The number of fused-ring (bicyclic) bond motifs is 1. The molecular formula is C23H23N3O2. The molecule has 1 atom stereocenters. The number of nitrogens with zero attached hydrogens (tertiary/aromatic N) is 2. The molecule has 0 spiro atoms. The number of rotatable bonds is 5. The van der Waals surface area contributed by atoms with E-state index in [0.29, 0.717) is 12.2 Å². The summed E-state index contributed by atoms with van der Waals surface area (Å²) in [4.78, 5) is 19.4. The van der Waals surface area contributed by atoms with Crippen molar-refractivity contribution in [3.8, 4) is 5.75 Å². The minimum Gasteiger partial charge on any atom is -0.494 e. The van der Waals surface area contributed by atoms with Crippen LogP contribution in [0.4, 0.5) is 11.4 Å². The molecule has 0 saturated heterocycles. The number of ether oxygens (including phenoxy) is 1. The number of hydrogen-bond donors (Lipinski definition) is 1. The lowest BCUT2D eigenvalue weighted by molar-refractivity contribution is 0.0993. The number of carbonyl (C=O) groups is 1. The van der Waals surface area contributed by atoms with Crippen LogP contribution in [0.15, 0.2) is 60.8 Å². The highest BCUT2D eigenvalue weighted by atomic mass is 16.5. The fraction of sp³-hybridized carbons (Fsp3) is 0.217. The van der Waals surface area contributed by atoms with Gasteiger partial charge in [-0.1, -0.05) is 6.07 Å². The topological polar surface area (TPSA) is 54.5 Å². The highest BCUT2D eigenvalue weighted by Gasteiger charge is 2.39. The molecule has 3 aromatic rings. The van der Waals surface area contributed by atoms with Crippen LogP contribution >= 0.6 is 0 Å². The van der Waals surface area contributed by atoms with Gasteiger partial charge in [0.2, 0.25) is 0 Å². The molecule has 0 unspecified atom stereocenters. The summed E-state index contributed by atoms with van der Waals surface area (Å²) < 4.78 is 5.53. The second kappa shape index (κ2) is 7.35. The Morgan fingerprint density at radius 3 is 2.57 bits per heavy atom. The van der Waals surface area contributed by atoms with Crippen LogP contribution in [0.5, 0.6) is 5.75 Å². The van der Waals surface area contributed by atoms with E-state index in [4.69, 9.17) is 4.74 Å². The third-order valence-corrected chi connectivity index (χ3v) is 5.04. The number of carbonyl (C=O) groups excluding carboxylic acids is 1. The van der Waals surface area contributed by atoms with E-state index in [-0.39, 0.29) is 12.1 Å². The minimum absolute atomic E-state index is 0.0615. The van der Waals surface area contributed by atoms with Gasteiger partial charge >= 0.3 is 0 Å². The van der Waals surface area contributed by atoms with E-state index >= 15 is 0 Å². The fourth-order valence-corrected chi connectivity index (χ4v) is 3.44. The van der Waals surface area contributed by atoms with E-state index in [1.54, 1.807) is 17.2 Å². The van der Waals surface area contributed by atoms with E-state index in [2.05, 4.69) is 36.3 Å². The Kier molecular flexibility index (Phi) is 4.74. The molecule has 5 nitrogen and oxygen atoms in total. The monoisotopic (exact) mass is 373 g/mol. The van der Waals surface area contributed by atoms with Crippen molar-refractivity contribution < 1.29 is 9.53 Å². The number of aromatic nitrogens is 1. The maximum Gasteiger partial charge on any atom is 0.262 e. The molecule has 0 fully saturated rings. The van der Waals surface area contributed by atoms with Gasteiger partial charge in [-0.15, -0.1) is 0 Å². The number of benzene rings is 2. The third kappa shape index (κ3) is 3.20. The molecule has 0 aliphatic carbocycles. The number of hydrogen-bond acceptors (Lipinski definition) is 4. The lowest BCUT2D eigenvalue weighted by atomic mass is 10.1. The molecule has 1 aromatic heterocycles. The van der Waals surface area contributed by atoms with Crippen LogP contribution in [-0.4, -0.2) is 17.5 Å². The SMILES string of the molecule is CCOc1ccc(N2C(=O)c3cccnc3[C@H]2Nc2ccc(C)c(C)c2)cc1. The zero-order valence-corrected chi connectivity index (χ0v) is 16.3. The molecule has 142 valence electrons. The van der Waals surface area contributed by atoms with Gasteiger partial charge in [-0.25, -0.2) is 0 Å². The first-order chi connectivity index (χ1) is 13.6. The number of anilines is 2. The van der Waals surface area contributed by atoms with Crippen molar-refractivity contribution in [1.82, 2.24) is 4.98 Å². The number of amides is 1. The van der Waals surface area contributed by atoms with Gasteiger partial charge in [-0.05, 0) is 80.4 Å². The van der Waals surface area contributed by atoms with Crippen molar-refractivity contribution in [1.29, 1.82) is 0 Å². The summed E-state index contributed by atoms with van der Waals surface area (Å²) in [5.74, 6) is 0.723. The fourth-order valence-electron chi connectivity index (χ4n) is 3.44. The average Bonchev–Trinajstić information content (AvgIpc) is 2.98.